The van der Waals surface area contributed by atoms with E-state index in [9.17, 15) is 18.0 Å². The molecule has 19 heavy (non-hydrogen) atoms. The van der Waals surface area contributed by atoms with Gasteiger partial charge in [-0.2, -0.15) is 0 Å². The largest absolute Gasteiger partial charge is 0.352 e. The third-order valence-electron chi connectivity index (χ3n) is 2.55. The van der Waals surface area contributed by atoms with Gasteiger partial charge in [-0.25, -0.2) is 12.7 Å². The lowest BCUT2D eigenvalue weighted by Crippen LogP contribution is -2.31. The van der Waals surface area contributed by atoms with Crippen LogP contribution in [-0.2, 0) is 10.0 Å². The first-order chi connectivity index (χ1) is 8.80. The smallest absolute Gasteiger partial charge is 0.252 e. The first-order valence-corrected chi connectivity index (χ1v) is 7.54. The summed E-state index contributed by atoms with van der Waals surface area (Å²) in [5, 5.41) is 2.64. The lowest BCUT2D eigenvalue weighted by molar-refractivity contribution is 0.0952. The first kappa shape index (κ1) is 15.4. The van der Waals surface area contributed by atoms with Gasteiger partial charge in [0.05, 0.1) is 11.8 Å². The summed E-state index contributed by atoms with van der Waals surface area (Å²) < 4.78 is 23.5. The van der Waals surface area contributed by atoms with E-state index >= 15 is 0 Å². The second-order valence-electron chi connectivity index (χ2n) is 4.14. The lowest BCUT2D eigenvalue weighted by Gasteiger charge is -2.13. The average molecular weight is 287 g/mol. The minimum Gasteiger partial charge on any atom is -0.352 e. The number of rotatable bonds is 6. The number of hydrogen-bond donors (Lipinski definition) is 2. The highest BCUT2D eigenvalue weighted by Crippen LogP contribution is 1.96. The maximum Gasteiger partial charge on any atom is 0.252 e. The molecule has 1 aromatic heterocycles. The number of H-pyrrole nitrogens is 1. The molecule has 8 heteroatoms. The van der Waals surface area contributed by atoms with Gasteiger partial charge in [0.2, 0.25) is 15.6 Å². The van der Waals surface area contributed by atoms with Crippen molar-refractivity contribution in [2.75, 3.05) is 26.4 Å². The van der Waals surface area contributed by atoms with E-state index in [1.165, 1.54) is 29.7 Å². The zero-order chi connectivity index (χ0) is 14.5. The molecule has 7 nitrogen and oxygen atoms in total. The highest BCUT2D eigenvalue weighted by Gasteiger charge is 2.10. The van der Waals surface area contributed by atoms with Crippen LogP contribution in [0.15, 0.2) is 23.1 Å². The van der Waals surface area contributed by atoms with Gasteiger partial charge in [0.1, 0.15) is 0 Å². The zero-order valence-electron chi connectivity index (χ0n) is 10.8. The fourth-order valence-corrected chi connectivity index (χ4v) is 1.78. The van der Waals surface area contributed by atoms with Gasteiger partial charge in [-0.05, 0) is 12.5 Å². The summed E-state index contributed by atoms with van der Waals surface area (Å²) in [4.78, 5) is 24.9. The summed E-state index contributed by atoms with van der Waals surface area (Å²) in [5.41, 5.74) is 0.0856. The predicted octanol–water partition coefficient (Wildman–Crippen LogP) is -0.614. The third-order valence-corrected chi connectivity index (χ3v) is 3.86. The second kappa shape index (κ2) is 6.48. The molecule has 0 aliphatic rings. The Labute approximate surface area is 111 Å². The average Bonchev–Trinajstić information content (AvgIpc) is 2.33. The van der Waals surface area contributed by atoms with E-state index in [1.54, 1.807) is 0 Å². The Morgan fingerprint density at radius 1 is 1.42 bits per heavy atom. The van der Waals surface area contributed by atoms with Crippen LogP contribution in [0.2, 0.25) is 0 Å². The number of carbonyl (C=O) groups is 1. The van der Waals surface area contributed by atoms with Crippen molar-refractivity contribution in [3.05, 3.63) is 34.2 Å². The quantitative estimate of drug-likeness (QED) is 0.681. The number of amides is 1. The highest BCUT2D eigenvalue weighted by molar-refractivity contribution is 7.88. The minimum absolute atomic E-state index is 0.272. The Hall–Kier alpha value is -1.67. The monoisotopic (exact) mass is 287 g/mol. The standard InChI is InChI=1S/C11H17N3O4S/c1-14(19(2,17)18)7-3-6-12-11(16)9-4-5-10(15)13-8-9/h4-5,8H,3,6-7H2,1-2H3,(H,12,16)(H,13,15). The van der Waals surface area contributed by atoms with Crippen LogP contribution in [0.25, 0.3) is 0 Å². The van der Waals surface area contributed by atoms with Crippen LogP contribution in [-0.4, -0.2) is 50.0 Å². The molecule has 0 aromatic carbocycles. The normalized spacial score (nSPS) is 11.5. The molecule has 2 N–H and O–H groups in total. The van der Waals surface area contributed by atoms with Crippen molar-refractivity contribution in [2.45, 2.75) is 6.42 Å². The molecule has 0 unspecified atom stereocenters. The molecule has 0 saturated carbocycles. The van der Waals surface area contributed by atoms with Crippen LogP contribution in [0.5, 0.6) is 0 Å². The van der Waals surface area contributed by atoms with Gasteiger partial charge in [-0.3, -0.25) is 9.59 Å². The highest BCUT2D eigenvalue weighted by atomic mass is 32.2. The van der Waals surface area contributed by atoms with E-state index in [1.807, 2.05) is 0 Å². The van der Waals surface area contributed by atoms with Crippen LogP contribution >= 0.6 is 0 Å². The van der Waals surface area contributed by atoms with E-state index in [0.717, 1.165) is 6.26 Å². The summed E-state index contributed by atoms with van der Waals surface area (Å²) in [6.45, 7) is 0.697. The number of pyridine rings is 1. The minimum atomic E-state index is -3.18. The Bertz CT molecular complexity index is 574. The van der Waals surface area contributed by atoms with Gasteiger partial charge in [0.25, 0.3) is 5.91 Å². The molecule has 1 amide bonds. The molecule has 0 atom stereocenters. The molecule has 0 saturated heterocycles. The van der Waals surface area contributed by atoms with Crippen molar-refractivity contribution in [1.82, 2.24) is 14.6 Å². The topological polar surface area (TPSA) is 99.3 Å². The van der Waals surface area contributed by atoms with E-state index in [-0.39, 0.29) is 11.5 Å². The number of aromatic nitrogens is 1. The van der Waals surface area contributed by atoms with Crippen LogP contribution in [0.1, 0.15) is 16.8 Å². The van der Waals surface area contributed by atoms with Crippen LogP contribution < -0.4 is 10.9 Å². The fraction of sp³-hybridized carbons (Fsp3) is 0.455. The summed E-state index contributed by atoms with van der Waals surface area (Å²) >= 11 is 0. The van der Waals surface area contributed by atoms with Gasteiger partial charge < -0.3 is 10.3 Å². The third kappa shape index (κ3) is 5.23. The summed E-state index contributed by atoms with van der Waals surface area (Å²) in [6.07, 6.45) is 2.98. The molecular weight excluding hydrogens is 270 g/mol. The number of nitrogens with one attached hydrogen (secondary N) is 2. The van der Waals surface area contributed by atoms with Crippen LogP contribution in [0.4, 0.5) is 0 Å². The summed E-state index contributed by atoms with van der Waals surface area (Å²) in [7, 11) is -1.69. The SMILES string of the molecule is CN(CCCNC(=O)c1ccc(=O)[nH]c1)S(C)(=O)=O. The molecule has 0 spiro atoms. The van der Waals surface area contributed by atoms with Crippen molar-refractivity contribution >= 4 is 15.9 Å². The fourth-order valence-electron chi connectivity index (χ4n) is 1.32. The molecule has 0 fully saturated rings. The number of nitrogens with zero attached hydrogens (tertiary/aromatic N) is 1. The Balaban J connectivity index is 2.36. The molecule has 106 valence electrons. The van der Waals surface area contributed by atoms with Crippen molar-refractivity contribution < 1.29 is 13.2 Å². The maximum atomic E-state index is 11.6. The molecule has 0 aliphatic carbocycles. The van der Waals surface area contributed by atoms with Crippen molar-refractivity contribution in [2.24, 2.45) is 0 Å². The summed E-state index contributed by atoms with van der Waals surface area (Å²) in [6, 6.07) is 2.70. The van der Waals surface area contributed by atoms with E-state index in [4.69, 9.17) is 0 Å². The van der Waals surface area contributed by atoms with Crippen LogP contribution in [0.3, 0.4) is 0 Å². The molecule has 0 radical (unpaired) electrons. The van der Waals surface area contributed by atoms with E-state index in [2.05, 4.69) is 10.3 Å². The maximum absolute atomic E-state index is 11.6. The summed E-state index contributed by atoms with van der Waals surface area (Å²) in [5.74, 6) is -0.307. The van der Waals surface area contributed by atoms with Crippen molar-refractivity contribution in [3.8, 4) is 0 Å². The molecular formula is C11H17N3O4S. The van der Waals surface area contributed by atoms with Gasteiger partial charge in [-0.15, -0.1) is 0 Å². The molecule has 0 aliphatic heterocycles. The number of aromatic amines is 1. The van der Waals surface area contributed by atoms with E-state index in [0.29, 0.717) is 25.1 Å². The lowest BCUT2D eigenvalue weighted by atomic mass is 10.2. The Morgan fingerprint density at radius 2 is 2.11 bits per heavy atom. The number of sulfonamides is 1. The molecule has 1 aromatic rings. The second-order valence-corrected chi connectivity index (χ2v) is 6.22. The zero-order valence-corrected chi connectivity index (χ0v) is 11.7. The molecule has 1 heterocycles. The first-order valence-electron chi connectivity index (χ1n) is 5.69. The molecule has 0 bridgehead atoms. The van der Waals surface area contributed by atoms with Gasteiger partial charge in [0, 0.05) is 32.4 Å². The Kier molecular flexibility index (Phi) is 5.25. The Morgan fingerprint density at radius 3 is 2.63 bits per heavy atom. The van der Waals surface area contributed by atoms with Crippen LogP contribution in [0, 0.1) is 0 Å². The van der Waals surface area contributed by atoms with Crippen molar-refractivity contribution in [1.29, 1.82) is 0 Å². The van der Waals surface area contributed by atoms with Gasteiger partial charge in [-0.1, -0.05) is 0 Å². The number of hydrogen-bond acceptors (Lipinski definition) is 4. The van der Waals surface area contributed by atoms with E-state index < -0.39 is 10.0 Å². The molecule has 1 rings (SSSR count). The predicted molar refractivity (Wildman–Crippen MR) is 71.5 cm³/mol. The number of carbonyl (C=O) groups excluding carboxylic acids is 1. The van der Waals surface area contributed by atoms with Gasteiger partial charge >= 0.3 is 0 Å². The van der Waals surface area contributed by atoms with Gasteiger partial charge in [0.15, 0.2) is 0 Å². The van der Waals surface area contributed by atoms with Crippen molar-refractivity contribution in [3.63, 3.8) is 0 Å².